The van der Waals surface area contributed by atoms with Gasteiger partial charge in [0.1, 0.15) is 0 Å². The predicted molar refractivity (Wildman–Crippen MR) is 57.3 cm³/mol. The highest BCUT2D eigenvalue weighted by molar-refractivity contribution is 7.05. The lowest BCUT2D eigenvalue weighted by Gasteiger charge is -2.01. The smallest absolute Gasteiger partial charge is 0.0800 e. The fourth-order valence-electron chi connectivity index (χ4n) is 1.19. The number of nitrogens with one attached hydrogen (secondary N) is 1. The Kier molecular flexibility index (Phi) is 5.66. The molecule has 1 rings (SSSR count). The third kappa shape index (κ3) is 3.69. The second-order valence-electron chi connectivity index (χ2n) is 3.15. The number of rotatable bonds is 7. The number of hydrogen-bond donors (Lipinski definition) is 2. The maximum atomic E-state index is 8.60. The SMILES string of the molecule is CCCc1nnsc1CNCCCO. The van der Waals surface area contributed by atoms with Crippen LogP contribution < -0.4 is 5.32 Å². The Bertz CT molecular complexity index is 252. The second kappa shape index (κ2) is 6.86. The third-order valence-corrected chi connectivity index (χ3v) is 2.68. The molecule has 0 aliphatic rings. The van der Waals surface area contributed by atoms with E-state index < -0.39 is 0 Å². The molecule has 0 fully saturated rings. The fraction of sp³-hybridized carbons (Fsp3) is 0.778. The summed E-state index contributed by atoms with van der Waals surface area (Å²) in [7, 11) is 0. The van der Waals surface area contributed by atoms with E-state index in [4.69, 9.17) is 5.11 Å². The molecule has 0 aliphatic carbocycles. The Hall–Kier alpha value is -0.520. The van der Waals surface area contributed by atoms with E-state index in [0.717, 1.165) is 38.0 Å². The zero-order valence-corrected chi connectivity index (χ0v) is 9.31. The largest absolute Gasteiger partial charge is 0.396 e. The first kappa shape index (κ1) is 11.6. The molecule has 2 N–H and O–H groups in total. The Morgan fingerprint density at radius 3 is 3.07 bits per heavy atom. The van der Waals surface area contributed by atoms with Crippen molar-refractivity contribution in [1.82, 2.24) is 14.9 Å². The molecule has 0 aliphatic heterocycles. The average molecular weight is 215 g/mol. The second-order valence-corrected chi connectivity index (χ2v) is 3.99. The van der Waals surface area contributed by atoms with E-state index in [9.17, 15) is 0 Å². The Morgan fingerprint density at radius 2 is 2.36 bits per heavy atom. The molecule has 0 radical (unpaired) electrons. The Labute approximate surface area is 88.5 Å². The van der Waals surface area contributed by atoms with Crippen molar-refractivity contribution in [2.75, 3.05) is 13.2 Å². The highest BCUT2D eigenvalue weighted by Gasteiger charge is 2.05. The molecule has 5 heteroatoms. The number of aliphatic hydroxyl groups is 1. The van der Waals surface area contributed by atoms with Gasteiger partial charge < -0.3 is 10.4 Å². The summed E-state index contributed by atoms with van der Waals surface area (Å²) >= 11 is 1.46. The van der Waals surface area contributed by atoms with Gasteiger partial charge >= 0.3 is 0 Å². The van der Waals surface area contributed by atoms with Crippen LogP contribution in [0.1, 0.15) is 30.3 Å². The van der Waals surface area contributed by atoms with Crippen molar-refractivity contribution >= 4 is 11.5 Å². The van der Waals surface area contributed by atoms with Gasteiger partial charge in [-0.25, -0.2) is 0 Å². The Morgan fingerprint density at radius 1 is 1.50 bits per heavy atom. The van der Waals surface area contributed by atoms with E-state index >= 15 is 0 Å². The molecule has 0 atom stereocenters. The van der Waals surface area contributed by atoms with Gasteiger partial charge in [-0.3, -0.25) is 0 Å². The molecule has 0 unspecified atom stereocenters. The summed E-state index contributed by atoms with van der Waals surface area (Å²) < 4.78 is 3.94. The molecular weight excluding hydrogens is 198 g/mol. The highest BCUT2D eigenvalue weighted by atomic mass is 32.1. The molecule has 0 aromatic carbocycles. The van der Waals surface area contributed by atoms with E-state index in [2.05, 4.69) is 21.8 Å². The van der Waals surface area contributed by atoms with Crippen LogP contribution in [0, 0.1) is 0 Å². The zero-order valence-electron chi connectivity index (χ0n) is 8.49. The zero-order chi connectivity index (χ0) is 10.2. The fourth-order valence-corrected chi connectivity index (χ4v) is 1.85. The van der Waals surface area contributed by atoms with E-state index in [1.54, 1.807) is 0 Å². The van der Waals surface area contributed by atoms with Crippen LogP contribution in [-0.2, 0) is 13.0 Å². The first-order chi connectivity index (χ1) is 6.88. The minimum atomic E-state index is 0.246. The van der Waals surface area contributed by atoms with Crippen LogP contribution in [0.2, 0.25) is 0 Å². The Balaban J connectivity index is 2.30. The molecule has 1 heterocycles. The molecule has 1 aromatic rings. The lowest BCUT2D eigenvalue weighted by molar-refractivity contribution is 0.286. The normalized spacial score (nSPS) is 10.7. The molecule has 1 aromatic heterocycles. The van der Waals surface area contributed by atoms with Gasteiger partial charge in [-0.05, 0) is 30.9 Å². The molecule has 14 heavy (non-hydrogen) atoms. The predicted octanol–water partition coefficient (Wildman–Crippen LogP) is 0.963. The van der Waals surface area contributed by atoms with Crippen molar-refractivity contribution in [2.45, 2.75) is 32.7 Å². The molecular formula is C9H17N3OS. The van der Waals surface area contributed by atoms with Crippen LogP contribution in [0.25, 0.3) is 0 Å². The van der Waals surface area contributed by atoms with Gasteiger partial charge in [0.25, 0.3) is 0 Å². The summed E-state index contributed by atoms with van der Waals surface area (Å²) in [6.07, 6.45) is 2.91. The number of nitrogens with zero attached hydrogens (tertiary/aromatic N) is 2. The first-order valence-electron chi connectivity index (χ1n) is 5.00. The number of aromatic nitrogens is 2. The van der Waals surface area contributed by atoms with Crippen molar-refractivity contribution in [3.8, 4) is 0 Å². The minimum absolute atomic E-state index is 0.246. The van der Waals surface area contributed by atoms with Crippen molar-refractivity contribution in [1.29, 1.82) is 0 Å². The van der Waals surface area contributed by atoms with Crippen LogP contribution in [0.3, 0.4) is 0 Å². The topological polar surface area (TPSA) is 58.0 Å². The van der Waals surface area contributed by atoms with Gasteiger partial charge in [-0.15, -0.1) is 5.10 Å². The lowest BCUT2D eigenvalue weighted by Crippen LogP contribution is -2.15. The van der Waals surface area contributed by atoms with Crippen molar-refractivity contribution in [2.24, 2.45) is 0 Å². The monoisotopic (exact) mass is 215 g/mol. The van der Waals surface area contributed by atoms with Crippen LogP contribution in [0.4, 0.5) is 0 Å². The van der Waals surface area contributed by atoms with Gasteiger partial charge in [0.15, 0.2) is 0 Å². The van der Waals surface area contributed by atoms with E-state index in [0.29, 0.717) is 0 Å². The average Bonchev–Trinajstić information content (AvgIpc) is 2.61. The van der Waals surface area contributed by atoms with Gasteiger partial charge in [0.2, 0.25) is 0 Å². The van der Waals surface area contributed by atoms with E-state index in [-0.39, 0.29) is 6.61 Å². The highest BCUT2D eigenvalue weighted by Crippen LogP contribution is 2.11. The van der Waals surface area contributed by atoms with Crippen molar-refractivity contribution in [3.05, 3.63) is 10.6 Å². The number of aliphatic hydroxyl groups excluding tert-OH is 1. The summed E-state index contributed by atoms with van der Waals surface area (Å²) in [6.45, 7) is 4.06. The van der Waals surface area contributed by atoms with Crippen LogP contribution in [0.5, 0.6) is 0 Å². The molecule has 0 saturated carbocycles. The van der Waals surface area contributed by atoms with Gasteiger partial charge in [0.05, 0.1) is 10.6 Å². The lowest BCUT2D eigenvalue weighted by atomic mass is 10.2. The third-order valence-electron chi connectivity index (χ3n) is 1.92. The summed E-state index contributed by atoms with van der Waals surface area (Å²) in [6, 6.07) is 0. The first-order valence-corrected chi connectivity index (χ1v) is 5.77. The number of hydrogen-bond acceptors (Lipinski definition) is 5. The van der Waals surface area contributed by atoms with E-state index in [1.807, 2.05) is 0 Å². The van der Waals surface area contributed by atoms with Crippen molar-refractivity contribution in [3.63, 3.8) is 0 Å². The van der Waals surface area contributed by atoms with Crippen LogP contribution in [-0.4, -0.2) is 27.8 Å². The van der Waals surface area contributed by atoms with Crippen LogP contribution >= 0.6 is 11.5 Å². The molecule has 0 amide bonds. The summed E-state index contributed by atoms with van der Waals surface area (Å²) in [4.78, 5) is 1.23. The van der Waals surface area contributed by atoms with E-state index in [1.165, 1.54) is 16.4 Å². The maximum absolute atomic E-state index is 8.60. The summed E-state index contributed by atoms with van der Waals surface area (Å²) in [5, 5.41) is 15.9. The van der Waals surface area contributed by atoms with Gasteiger partial charge in [-0.2, -0.15) is 0 Å². The molecule has 4 nitrogen and oxygen atoms in total. The summed E-state index contributed by atoms with van der Waals surface area (Å²) in [5.41, 5.74) is 1.12. The standard InChI is InChI=1S/C9H17N3OS/c1-2-4-8-9(14-12-11-8)7-10-5-3-6-13/h10,13H,2-7H2,1H3. The molecule has 80 valence electrons. The number of aryl methyl sites for hydroxylation is 1. The molecule has 0 spiro atoms. The van der Waals surface area contributed by atoms with Gasteiger partial charge in [-0.1, -0.05) is 17.8 Å². The minimum Gasteiger partial charge on any atom is -0.396 e. The molecule has 0 bridgehead atoms. The summed E-state index contributed by atoms with van der Waals surface area (Å²) in [5.74, 6) is 0. The van der Waals surface area contributed by atoms with Gasteiger partial charge in [0, 0.05) is 13.2 Å². The molecule has 0 saturated heterocycles. The van der Waals surface area contributed by atoms with Crippen LogP contribution in [0.15, 0.2) is 0 Å². The van der Waals surface area contributed by atoms with Crippen molar-refractivity contribution < 1.29 is 5.11 Å². The maximum Gasteiger partial charge on any atom is 0.0800 e. The quantitative estimate of drug-likeness (QED) is 0.665.